The van der Waals surface area contributed by atoms with Crippen molar-refractivity contribution in [3.05, 3.63) is 56.6 Å². The van der Waals surface area contributed by atoms with E-state index < -0.39 is 6.10 Å². The van der Waals surface area contributed by atoms with Crippen molar-refractivity contribution in [2.24, 2.45) is 0 Å². The smallest absolute Gasteiger partial charge is 0.292 e. The van der Waals surface area contributed by atoms with Crippen LogP contribution in [0.1, 0.15) is 6.92 Å². The molecule has 2 aliphatic rings. The molecule has 2 aliphatic heterocycles. The molecule has 2 saturated heterocycles. The first-order valence-electron chi connectivity index (χ1n) is 11.1. The molecule has 0 aromatic heterocycles. The first-order valence-corrected chi connectivity index (χ1v) is 11.9. The highest BCUT2D eigenvalue weighted by molar-refractivity contribution is 6.35. The molecule has 2 heterocycles. The topological polar surface area (TPSA) is 88.4 Å². The highest BCUT2D eigenvalue weighted by Gasteiger charge is 2.28. The number of halogens is 2. The summed E-state index contributed by atoms with van der Waals surface area (Å²) in [5.74, 6) is 0.287. The number of nitrogens with zero attached hydrogens (tertiary/aromatic N) is 4. The number of morpholine rings is 1. The van der Waals surface area contributed by atoms with Gasteiger partial charge in [-0.25, -0.2) is 0 Å². The van der Waals surface area contributed by atoms with Gasteiger partial charge in [0.25, 0.3) is 11.6 Å². The molecular formula is C23H26Cl2N4O5. The fourth-order valence-corrected chi connectivity index (χ4v) is 4.63. The van der Waals surface area contributed by atoms with Gasteiger partial charge >= 0.3 is 0 Å². The van der Waals surface area contributed by atoms with Crippen LogP contribution >= 0.6 is 23.2 Å². The summed E-state index contributed by atoms with van der Waals surface area (Å²) >= 11 is 12.1. The Morgan fingerprint density at radius 1 is 1.03 bits per heavy atom. The molecule has 34 heavy (non-hydrogen) atoms. The van der Waals surface area contributed by atoms with Gasteiger partial charge in [0.2, 0.25) is 0 Å². The molecule has 2 aromatic carbocycles. The van der Waals surface area contributed by atoms with Crippen molar-refractivity contribution in [2.75, 3.05) is 62.3 Å². The van der Waals surface area contributed by atoms with Crippen molar-refractivity contribution in [1.82, 2.24) is 4.90 Å². The van der Waals surface area contributed by atoms with E-state index in [1.807, 2.05) is 11.0 Å². The van der Waals surface area contributed by atoms with E-state index >= 15 is 0 Å². The monoisotopic (exact) mass is 508 g/mol. The van der Waals surface area contributed by atoms with Crippen molar-refractivity contribution in [1.29, 1.82) is 0 Å². The lowest BCUT2D eigenvalue weighted by Crippen LogP contribution is -2.52. The van der Waals surface area contributed by atoms with Gasteiger partial charge in [0, 0.05) is 56.0 Å². The fraction of sp³-hybridized carbons (Fsp3) is 0.435. The zero-order valence-corrected chi connectivity index (χ0v) is 20.3. The molecule has 1 atom stereocenters. The SMILES string of the molecule is C[C@H](Oc1ccc(Cl)cc1Cl)C(=O)N1CCN(c2ccc([N+](=O)[O-])c(N3CCOCC3)c2)CC1. The zero-order valence-electron chi connectivity index (χ0n) is 18.8. The average molecular weight is 509 g/mol. The molecule has 9 nitrogen and oxygen atoms in total. The Labute approximate surface area is 207 Å². The Balaban J connectivity index is 1.40. The first kappa shape index (κ1) is 24.4. The number of piperazine rings is 1. The number of nitro benzene ring substituents is 1. The van der Waals surface area contributed by atoms with Crippen LogP contribution in [0.5, 0.6) is 5.75 Å². The van der Waals surface area contributed by atoms with Crippen LogP contribution in [0.3, 0.4) is 0 Å². The summed E-state index contributed by atoms with van der Waals surface area (Å²) in [5.41, 5.74) is 1.59. The Bertz CT molecular complexity index is 1060. The van der Waals surface area contributed by atoms with Crippen LogP contribution in [0.4, 0.5) is 17.1 Å². The number of hydrogen-bond acceptors (Lipinski definition) is 7. The van der Waals surface area contributed by atoms with Gasteiger partial charge in [-0.15, -0.1) is 0 Å². The number of amides is 1. The average Bonchev–Trinajstić information content (AvgIpc) is 2.85. The second-order valence-corrected chi connectivity index (χ2v) is 9.02. The normalized spacial score (nSPS) is 17.4. The number of anilines is 2. The molecular weight excluding hydrogens is 483 g/mol. The van der Waals surface area contributed by atoms with Crippen LogP contribution in [-0.2, 0) is 9.53 Å². The van der Waals surface area contributed by atoms with Gasteiger partial charge in [0.05, 0.1) is 23.2 Å². The Morgan fingerprint density at radius 2 is 1.74 bits per heavy atom. The molecule has 0 N–H and O–H groups in total. The second kappa shape index (κ2) is 10.7. The number of nitro groups is 1. The number of ether oxygens (including phenoxy) is 2. The quantitative estimate of drug-likeness (QED) is 0.432. The highest BCUT2D eigenvalue weighted by Crippen LogP contribution is 2.34. The molecule has 0 unspecified atom stereocenters. The second-order valence-electron chi connectivity index (χ2n) is 8.18. The lowest BCUT2D eigenvalue weighted by Gasteiger charge is -2.37. The van der Waals surface area contributed by atoms with Gasteiger partial charge in [0.15, 0.2) is 6.10 Å². The first-order chi connectivity index (χ1) is 16.3. The molecule has 182 valence electrons. The minimum absolute atomic E-state index is 0.0892. The molecule has 4 rings (SSSR count). The molecule has 11 heteroatoms. The third kappa shape index (κ3) is 5.48. The maximum absolute atomic E-state index is 12.9. The number of hydrogen-bond donors (Lipinski definition) is 0. The van der Waals surface area contributed by atoms with E-state index in [4.69, 9.17) is 32.7 Å². The summed E-state index contributed by atoms with van der Waals surface area (Å²) in [7, 11) is 0. The minimum atomic E-state index is -0.697. The summed E-state index contributed by atoms with van der Waals surface area (Å²) in [6.07, 6.45) is -0.697. The Kier molecular flexibility index (Phi) is 7.65. The van der Waals surface area contributed by atoms with Crippen LogP contribution in [0.25, 0.3) is 0 Å². The number of carbonyl (C=O) groups excluding carboxylic acids is 1. The zero-order chi connectivity index (χ0) is 24.2. The van der Waals surface area contributed by atoms with Crippen LogP contribution in [0.2, 0.25) is 10.0 Å². The van der Waals surface area contributed by atoms with E-state index in [0.717, 1.165) is 5.69 Å². The van der Waals surface area contributed by atoms with E-state index in [2.05, 4.69) is 4.90 Å². The van der Waals surface area contributed by atoms with Crippen LogP contribution in [0, 0.1) is 10.1 Å². The molecule has 0 aliphatic carbocycles. The van der Waals surface area contributed by atoms with E-state index in [9.17, 15) is 14.9 Å². The van der Waals surface area contributed by atoms with Gasteiger partial charge in [-0.1, -0.05) is 23.2 Å². The van der Waals surface area contributed by atoms with Crippen molar-refractivity contribution in [2.45, 2.75) is 13.0 Å². The minimum Gasteiger partial charge on any atom is -0.479 e. The number of rotatable bonds is 6. The number of benzene rings is 2. The third-order valence-electron chi connectivity index (χ3n) is 6.01. The Hall–Kier alpha value is -2.75. The molecule has 2 aromatic rings. The van der Waals surface area contributed by atoms with Crippen molar-refractivity contribution >= 4 is 46.2 Å². The van der Waals surface area contributed by atoms with E-state index in [1.165, 1.54) is 0 Å². The molecule has 2 fully saturated rings. The van der Waals surface area contributed by atoms with Gasteiger partial charge in [-0.2, -0.15) is 0 Å². The summed E-state index contributed by atoms with van der Waals surface area (Å²) in [4.78, 5) is 30.0. The van der Waals surface area contributed by atoms with E-state index in [1.54, 1.807) is 42.2 Å². The van der Waals surface area contributed by atoms with Crippen LogP contribution in [-0.4, -0.2) is 74.3 Å². The predicted octanol–water partition coefficient (Wildman–Crippen LogP) is 3.85. The molecule has 0 bridgehead atoms. The van der Waals surface area contributed by atoms with Crippen molar-refractivity contribution in [3.63, 3.8) is 0 Å². The molecule has 0 spiro atoms. The molecule has 1 amide bonds. The van der Waals surface area contributed by atoms with Gasteiger partial charge in [0.1, 0.15) is 11.4 Å². The maximum Gasteiger partial charge on any atom is 0.292 e. The van der Waals surface area contributed by atoms with Crippen LogP contribution in [0.15, 0.2) is 36.4 Å². The maximum atomic E-state index is 12.9. The van der Waals surface area contributed by atoms with Crippen LogP contribution < -0.4 is 14.5 Å². The van der Waals surface area contributed by atoms with E-state index in [0.29, 0.717) is 74.0 Å². The predicted molar refractivity (Wildman–Crippen MR) is 131 cm³/mol. The van der Waals surface area contributed by atoms with Crippen molar-refractivity contribution in [3.8, 4) is 5.75 Å². The summed E-state index contributed by atoms with van der Waals surface area (Å²) in [6.45, 7) is 6.28. The van der Waals surface area contributed by atoms with E-state index in [-0.39, 0.29) is 16.5 Å². The summed E-state index contributed by atoms with van der Waals surface area (Å²) < 4.78 is 11.2. The molecule has 0 saturated carbocycles. The Morgan fingerprint density at radius 3 is 2.38 bits per heavy atom. The van der Waals surface area contributed by atoms with Gasteiger partial charge in [-0.3, -0.25) is 14.9 Å². The highest BCUT2D eigenvalue weighted by atomic mass is 35.5. The third-order valence-corrected chi connectivity index (χ3v) is 6.54. The number of carbonyl (C=O) groups is 1. The van der Waals surface area contributed by atoms with Gasteiger partial charge < -0.3 is 24.2 Å². The summed E-state index contributed by atoms with van der Waals surface area (Å²) in [5, 5.41) is 12.4. The largest absolute Gasteiger partial charge is 0.479 e. The lowest BCUT2D eigenvalue weighted by molar-refractivity contribution is -0.384. The lowest BCUT2D eigenvalue weighted by atomic mass is 10.1. The standard InChI is InChI=1S/C23H26Cl2N4O5/c1-16(34-22-5-2-17(24)14-19(22)25)23(30)28-8-6-26(7-9-28)18-3-4-20(29(31)32)21(15-18)27-10-12-33-13-11-27/h2-5,14-16H,6-13H2,1H3/t16-/m0/s1. The molecule has 0 radical (unpaired) electrons. The van der Waals surface area contributed by atoms with Crippen molar-refractivity contribution < 1.29 is 19.2 Å². The fourth-order valence-electron chi connectivity index (χ4n) is 4.17. The van der Waals surface area contributed by atoms with Gasteiger partial charge in [-0.05, 0) is 37.3 Å². The summed E-state index contributed by atoms with van der Waals surface area (Å²) in [6, 6.07) is 10.1.